The Bertz CT molecular complexity index is 375. The van der Waals surface area contributed by atoms with Crippen molar-refractivity contribution in [3.63, 3.8) is 0 Å². The molecule has 0 aliphatic heterocycles. The van der Waals surface area contributed by atoms with E-state index in [1.165, 1.54) is 25.7 Å². The third kappa shape index (κ3) is 1.75. The van der Waals surface area contributed by atoms with E-state index in [4.69, 9.17) is 4.52 Å². The predicted octanol–water partition coefficient (Wildman–Crippen LogP) is 1.90. The second-order valence-electron chi connectivity index (χ2n) is 5.38. The molecule has 1 heterocycles. The summed E-state index contributed by atoms with van der Waals surface area (Å²) in [7, 11) is 0. The summed E-state index contributed by atoms with van der Waals surface area (Å²) in [5, 5.41) is 13.3. The monoisotopic (exact) mass is 222 g/mol. The Morgan fingerprint density at radius 2 is 2.31 bits per heavy atom. The summed E-state index contributed by atoms with van der Waals surface area (Å²) in [5.74, 6) is 3.65. The first-order chi connectivity index (χ1) is 7.72. The van der Waals surface area contributed by atoms with Gasteiger partial charge in [-0.15, -0.1) is 0 Å². The van der Waals surface area contributed by atoms with Gasteiger partial charge in [-0.2, -0.15) is 4.98 Å². The predicted molar refractivity (Wildman–Crippen MR) is 57.9 cm³/mol. The maximum absolute atomic E-state index is 9.26. The maximum atomic E-state index is 9.26. The number of aromatic nitrogens is 2. The molecule has 0 amide bonds. The van der Waals surface area contributed by atoms with Gasteiger partial charge >= 0.3 is 0 Å². The number of fused-ring (bicyclic) bond motifs is 2. The quantitative estimate of drug-likeness (QED) is 0.848. The summed E-state index contributed by atoms with van der Waals surface area (Å²) in [6.45, 7) is 1.74. The second-order valence-corrected chi connectivity index (χ2v) is 5.38. The van der Waals surface area contributed by atoms with Gasteiger partial charge in [0.15, 0.2) is 5.82 Å². The molecule has 4 atom stereocenters. The van der Waals surface area contributed by atoms with Crippen molar-refractivity contribution in [2.75, 3.05) is 0 Å². The topological polar surface area (TPSA) is 59.2 Å². The van der Waals surface area contributed by atoms with Gasteiger partial charge in [-0.1, -0.05) is 11.6 Å². The van der Waals surface area contributed by atoms with Crippen molar-refractivity contribution in [2.24, 2.45) is 11.8 Å². The van der Waals surface area contributed by atoms with Gasteiger partial charge in [0.2, 0.25) is 5.89 Å². The maximum Gasteiger partial charge on any atom is 0.229 e. The normalized spacial score (nSPS) is 34.5. The smallest absolute Gasteiger partial charge is 0.229 e. The Labute approximate surface area is 95.0 Å². The van der Waals surface area contributed by atoms with Crippen molar-refractivity contribution < 1.29 is 9.63 Å². The minimum absolute atomic E-state index is 0.409. The first-order valence-corrected chi connectivity index (χ1v) is 6.23. The fourth-order valence-electron chi connectivity index (χ4n) is 3.32. The molecular formula is C12H18N2O2. The van der Waals surface area contributed by atoms with Gasteiger partial charge in [-0.05, 0) is 38.0 Å². The number of hydrogen-bond donors (Lipinski definition) is 1. The van der Waals surface area contributed by atoms with Crippen LogP contribution in [-0.4, -0.2) is 21.4 Å². The van der Waals surface area contributed by atoms with E-state index in [0.29, 0.717) is 18.2 Å². The van der Waals surface area contributed by atoms with Gasteiger partial charge in [0.1, 0.15) is 0 Å². The van der Waals surface area contributed by atoms with E-state index in [0.717, 1.165) is 17.7 Å². The molecule has 2 aliphatic rings. The van der Waals surface area contributed by atoms with Gasteiger partial charge in [-0.25, -0.2) is 0 Å². The van der Waals surface area contributed by atoms with Crippen LogP contribution in [-0.2, 0) is 6.42 Å². The van der Waals surface area contributed by atoms with E-state index in [9.17, 15) is 5.11 Å². The van der Waals surface area contributed by atoms with Gasteiger partial charge < -0.3 is 9.63 Å². The highest BCUT2D eigenvalue weighted by Crippen LogP contribution is 2.52. The van der Waals surface area contributed by atoms with Crippen LogP contribution in [0.4, 0.5) is 0 Å². The lowest BCUT2D eigenvalue weighted by Gasteiger charge is -2.17. The first-order valence-electron chi connectivity index (χ1n) is 6.23. The highest BCUT2D eigenvalue weighted by Gasteiger charge is 2.42. The molecule has 4 heteroatoms. The largest absolute Gasteiger partial charge is 0.393 e. The highest BCUT2D eigenvalue weighted by atomic mass is 16.5. The Morgan fingerprint density at radius 3 is 2.94 bits per heavy atom. The number of aliphatic hydroxyl groups excluding tert-OH is 1. The van der Waals surface area contributed by atoms with E-state index in [2.05, 4.69) is 10.1 Å². The molecule has 0 saturated heterocycles. The van der Waals surface area contributed by atoms with Crippen LogP contribution in [0, 0.1) is 11.8 Å². The van der Waals surface area contributed by atoms with Crippen molar-refractivity contribution in [1.29, 1.82) is 0 Å². The van der Waals surface area contributed by atoms with Gasteiger partial charge in [-0.3, -0.25) is 0 Å². The molecule has 1 aromatic rings. The second kappa shape index (κ2) is 3.84. The number of nitrogens with zero attached hydrogens (tertiary/aromatic N) is 2. The zero-order valence-corrected chi connectivity index (χ0v) is 9.59. The summed E-state index contributed by atoms with van der Waals surface area (Å²) in [4.78, 5) is 4.41. The standard InChI is InChI=1S/C12H18N2O2/c1-7(15)4-11-13-12(14-16-11)10-6-8-2-3-9(10)5-8/h7-10,15H,2-6H2,1H3. The molecule has 0 spiro atoms. The fourth-order valence-corrected chi connectivity index (χ4v) is 3.32. The number of rotatable bonds is 3. The molecule has 3 rings (SSSR count). The molecule has 2 bridgehead atoms. The molecule has 2 saturated carbocycles. The summed E-state index contributed by atoms with van der Waals surface area (Å²) in [5.41, 5.74) is 0. The van der Waals surface area contributed by atoms with E-state index < -0.39 is 6.10 Å². The minimum Gasteiger partial charge on any atom is -0.393 e. The van der Waals surface area contributed by atoms with Crippen LogP contribution in [0.3, 0.4) is 0 Å². The van der Waals surface area contributed by atoms with Crippen LogP contribution in [0.2, 0.25) is 0 Å². The Morgan fingerprint density at radius 1 is 1.44 bits per heavy atom. The van der Waals surface area contributed by atoms with Crippen molar-refractivity contribution in [1.82, 2.24) is 10.1 Å². The summed E-state index contributed by atoms with van der Waals surface area (Å²) in [6.07, 6.45) is 5.36. The lowest BCUT2D eigenvalue weighted by atomic mass is 9.88. The molecular weight excluding hydrogens is 204 g/mol. The Hall–Kier alpha value is -0.900. The molecule has 0 radical (unpaired) electrons. The Kier molecular flexibility index (Phi) is 2.46. The summed E-state index contributed by atoms with van der Waals surface area (Å²) in [6, 6.07) is 0. The molecule has 4 unspecified atom stereocenters. The average Bonchev–Trinajstić information content (AvgIpc) is 2.89. The van der Waals surface area contributed by atoms with Gasteiger partial charge in [0.05, 0.1) is 12.5 Å². The zero-order valence-electron chi connectivity index (χ0n) is 9.59. The molecule has 4 nitrogen and oxygen atoms in total. The van der Waals surface area contributed by atoms with Crippen LogP contribution in [0.15, 0.2) is 4.52 Å². The molecule has 88 valence electrons. The van der Waals surface area contributed by atoms with E-state index >= 15 is 0 Å². The Balaban J connectivity index is 1.73. The molecule has 2 aliphatic carbocycles. The van der Waals surface area contributed by atoms with Crippen LogP contribution >= 0.6 is 0 Å². The minimum atomic E-state index is -0.409. The highest BCUT2D eigenvalue weighted by molar-refractivity contribution is 5.06. The molecule has 16 heavy (non-hydrogen) atoms. The van der Waals surface area contributed by atoms with Gasteiger partial charge in [0, 0.05) is 5.92 Å². The third-order valence-corrected chi connectivity index (χ3v) is 4.02. The SMILES string of the molecule is CC(O)Cc1nc(C2CC3CCC2C3)no1. The van der Waals surface area contributed by atoms with Crippen LogP contribution in [0.5, 0.6) is 0 Å². The van der Waals surface area contributed by atoms with Crippen LogP contribution in [0.1, 0.15) is 50.2 Å². The molecule has 1 N–H and O–H groups in total. The van der Waals surface area contributed by atoms with E-state index in [1.54, 1.807) is 6.92 Å². The lowest BCUT2D eigenvalue weighted by molar-refractivity contribution is 0.181. The summed E-state index contributed by atoms with van der Waals surface area (Å²) >= 11 is 0. The van der Waals surface area contributed by atoms with Crippen molar-refractivity contribution in [2.45, 2.75) is 51.0 Å². The zero-order chi connectivity index (χ0) is 11.1. The molecule has 2 fully saturated rings. The molecule has 1 aromatic heterocycles. The summed E-state index contributed by atoms with van der Waals surface area (Å²) < 4.78 is 5.17. The van der Waals surface area contributed by atoms with Crippen molar-refractivity contribution in [3.05, 3.63) is 11.7 Å². The molecule has 0 aromatic carbocycles. The van der Waals surface area contributed by atoms with E-state index in [-0.39, 0.29) is 0 Å². The number of aliphatic hydroxyl groups is 1. The fraction of sp³-hybridized carbons (Fsp3) is 0.833. The van der Waals surface area contributed by atoms with Crippen molar-refractivity contribution >= 4 is 0 Å². The third-order valence-electron chi connectivity index (χ3n) is 4.02. The number of hydrogen-bond acceptors (Lipinski definition) is 4. The van der Waals surface area contributed by atoms with Crippen molar-refractivity contribution in [3.8, 4) is 0 Å². The average molecular weight is 222 g/mol. The van der Waals surface area contributed by atoms with Gasteiger partial charge in [0.25, 0.3) is 0 Å². The van der Waals surface area contributed by atoms with E-state index in [1.807, 2.05) is 0 Å². The lowest BCUT2D eigenvalue weighted by Crippen LogP contribution is -2.10. The first kappa shape index (κ1) is 10.3. The van der Waals surface area contributed by atoms with Crippen LogP contribution < -0.4 is 0 Å². The van der Waals surface area contributed by atoms with Crippen LogP contribution in [0.25, 0.3) is 0 Å².